The summed E-state index contributed by atoms with van der Waals surface area (Å²) in [6.45, 7) is 0.551. The molecule has 3 nitrogen and oxygen atoms in total. The molecule has 74 valence electrons. The van der Waals surface area contributed by atoms with Crippen molar-refractivity contribution in [1.29, 1.82) is 0 Å². The van der Waals surface area contributed by atoms with E-state index in [0.717, 1.165) is 10.0 Å². The van der Waals surface area contributed by atoms with Crippen LogP contribution in [-0.2, 0) is 14.5 Å². The number of hydrogen-bond acceptors (Lipinski definition) is 3. The molecule has 2 heterocycles. The molecular weight excluding hydrogens is 248 g/mol. The lowest BCUT2D eigenvalue weighted by Gasteiger charge is -2.18. The zero-order valence-corrected chi connectivity index (χ0v) is 8.94. The number of hydrogen-bond donors (Lipinski definition) is 0. The SMILES string of the molecule is Brc1cccc([C@H]2OOC[C@H]3O[C@@H]23)c1. The third-order valence-electron chi connectivity index (χ3n) is 2.50. The molecule has 3 rings (SSSR count). The second kappa shape index (κ2) is 3.31. The summed E-state index contributed by atoms with van der Waals surface area (Å²) in [5.41, 5.74) is 1.09. The molecule has 0 unspecified atom stereocenters. The number of epoxide rings is 1. The lowest BCUT2D eigenvalue weighted by molar-refractivity contribution is -0.339. The van der Waals surface area contributed by atoms with E-state index in [0.29, 0.717) is 6.61 Å². The van der Waals surface area contributed by atoms with Gasteiger partial charge in [0.15, 0.2) is 0 Å². The van der Waals surface area contributed by atoms with Crippen molar-refractivity contribution in [1.82, 2.24) is 0 Å². The maximum atomic E-state index is 5.42. The van der Waals surface area contributed by atoms with Gasteiger partial charge >= 0.3 is 0 Å². The molecule has 0 bridgehead atoms. The van der Waals surface area contributed by atoms with E-state index in [2.05, 4.69) is 15.9 Å². The number of fused-ring (bicyclic) bond motifs is 1. The number of rotatable bonds is 1. The Balaban J connectivity index is 1.87. The number of benzene rings is 1. The molecule has 2 aliphatic rings. The molecule has 0 spiro atoms. The predicted molar refractivity (Wildman–Crippen MR) is 52.6 cm³/mol. The highest BCUT2D eigenvalue weighted by Crippen LogP contribution is 2.41. The van der Waals surface area contributed by atoms with Crippen molar-refractivity contribution < 1.29 is 14.5 Å². The van der Waals surface area contributed by atoms with Crippen LogP contribution in [0.3, 0.4) is 0 Å². The van der Waals surface area contributed by atoms with Crippen LogP contribution in [-0.4, -0.2) is 18.8 Å². The van der Waals surface area contributed by atoms with E-state index in [-0.39, 0.29) is 18.3 Å². The van der Waals surface area contributed by atoms with Crippen LogP contribution in [0.15, 0.2) is 28.7 Å². The summed E-state index contributed by atoms with van der Waals surface area (Å²) < 4.78 is 6.46. The molecule has 2 aliphatic heterocycles. The summed E-state index contributed by atoms with van der Waals surface area (Å²) in [6, 6.07) is 8.01. The minimum absolute atomic E-state index is 0.0775. The molecule has 1 aromatic rings. The normalized spacial score (nSPS) is 35.1. The second-order valence-corrected chi connectivity index (χ2v) is 4.41. The van der Waals surface area contributed by atoms with E-state index < -0.39 is 0 Å². The maximum Gasteiger partial charge on any atom is 0.147 e. The fraction of sp³-hybridized carbons (Fsp3) is 0.400. The largest absolute Gasteiger partial charge is 0.364 e. The van der Waals surface area contributed by atoms with Crippen molar-refractivity contribution in [3.63, 3.8) is 0 Å². The summed E-state index contributed by atoms with van der Waals surface area (Å²) in [4.78, 5) is 10.2. The van der Waals surface area contributed by atoms with Crippen molar-refractivity contribution in [2.24, 2.45) is 0 Å². The average Bonchev–Trinajstić information content (AvgIpc) is 2.95. The van der Waals surface area contributed by atoms with Crippen molar-refractivity contribution in [3.05, 3.63) is 34.3 Å². The predicted octanol–water partition coefficient (Wildman–Crippen LogP) is 2.22. The van der Waals surface area contributed by atoms with Crippen LogP contribution in [0.25, 0.3) is 0 Å². The van der Waals surface area contributed by atoms with Crippen LogP contribution in [0.1, 0.15) is 11.7 Å². The van der Waals surface area contributed by atoms with Gasteiger partial charge in [0.05, 0.1) is 0 Å². The van der Waals surface area contributed by atoms with Crippen LogP contribution in [0.5, 0.6) is 0 Å². The van der Waals surface area contributed by atoms with Gasteiger partial charge in [-0.15, -0.1) is 0 Å². The van der Waals surface area contributed by atoms with Crippen molar-refractivity contribution in [2.75, 3.05) is 6.61 Å². The minimum Gasteiger partial charge on any atom is -0.364 e. The molecule has 0 N–H and O–H groups in total. The molecular formula is C10H9BrO3. The molecule has 1 aromatic carbocycles. The van der Waals surface area contributed by atoms with E-state index in [9.17, 15) is 0 Å². The monoisotopic (exact) mass is 256 g/mol. The van der Waals surface area contributed by atoms with E-state index in [1.165, 1.54) is 0 Å². The lowest BCUT2D eigenvalue weighted by Crippen LogP contribution is -2.22. The first-order chi connectivity index (χ1) is 6.84. The average molecular weight is 257 g/mol. The summed E-state index contributed by atoms with van der Waals surface area (Å²) in [5, 5.41) is 0. The molecule has 0 amide bonds. The molecule has 0 aromatic heterocycles. The Morgan fingerprint density at radius 1 is 1.36 bits per heavy atom. The van der Waals surface area contributed by atoms with Crippen molar-refractivity contribution in [2.45, 2.75) is 18.3 Å². The van der Waals surface area contributed by atoms with Gasteiger partial charge in [0, 0.05) is 4.47 Å². The molecule has 3 atom stereocenters. The Bertz CT molecular complexity index is 355. The van der Waals surface area contributed by atoms with Crippen molar-refractivity contribution in [3.8, 4) is 0 Å². The van der Waals surface area contributed by atoms with Gasteiger partial charge in [0.2, 0.25) is 0 Å². The first-order valence-electron chi connectivity index (χ1n) is 4.54. The van der Waals surface area contributed by atoms with E-state index >= 15 is 0 Å². The quantitative estimate of drug-likeness (QED) is 0.571. The van der Waals surface area contributed by atoms with Crippen LogP contribution in [0.2, 0.25) is 0 Å². The van der Waals surface area contributed by atoms with E-state index in [4.69, 9.17) is 14.5 Å². The first kappa shape index (κ1) is 8.85. The van der Waals surface area contributed by atoms with E-state index in [1.54, 1.807) is 0 Å². The van der Waals surface area contributed by atoms with Gasteiger partial charge in [0.25, 0.3) is 0 Å². The fourth-order valence-electron chi connectivity index (χ4n) is 1.72. The first-order valence-corrected chi connectivity index (χ1v) is 5.33. The highest BCUT2D eigenvalue weighted by Gasteiger charge is 2.50. The Morgan fingerprint density at radius 3 is 3.14 bits per heavy atom. The maximum absolute atomic E-state index is 5.42. The summed E-state index contributed by atoms with van der Waals surface area (Å²) in [5.74, 6) is 0. The summed E-state index contributed by atoms with van der Waals surface area (Å²) >= 11 is 3.43. The molecule has 2 saturated heterocycles. The third-order valence-corrected chi connectivity index (χ3v) is 2.99. The summed E-state index contributed by atoms with van der Waals surface area (Å²) in [7, 11) is 0. The highest BCUT2D eigenvalue weighted by atomic mass is 79.9. The van der Waals surface area contributed by atoms with E-state index in [1.807, 2.05) is 24.3 Å². The van der Waals surface area contributed by atoms with Gasteiger partial charge in [-0.25, -0.2) is 9.78 Å². The molecule has 2 fully saturated rings. The van der Waals surface area contributed by atoms with Crippen molar-refractivity contribution >= 4 is 15.9 Å². The lowest BCUT2D eigenvalue weighted by atomic mass is 10.0. The molecule has 14 heavy (non-hydrogen) atoms. The topological polar surface area (TPSA) is 31.0 Å². The zero-order valence-electron chi connectivity index (χ0n) is 7.35. The zero-order chi connectivity index (χ0) is 9.54. The number of halogens is 1. The van der Waals surface area contributed by atoms with Crippen LogP contribution in [0, 0.1) is 0 Å². The number of ether oxygens (including phenoxy) is 1. The molecule has 4 heteroatoms. The standard InChI is InChI=1S/C10H9BrO3/c11-7-3-1-2-6(4-7)9-10-8(13-10)5-12-14-9/h1-4,8-10H,5H2/t8-,9-,10-/m1/s1. The van der Waals surface area contributed by atoms with Gasteiger partial charge in [0.1, 0.15) is 24.9 Å². The third kappa shape index (κ3) is 1.48. The molecule has 0 saturated carbocycles. The van der Waals surface area contributed by atoms with Crippen LogP contribution in [0.4, 0.5) is 0 Å². The Labute approximate surface area is 90.0 Å². The van der Waals surface area contributed by atoms with Gasteiger partial charge in [-0.2, -0.15) is 0 Å². The smallest absolute Gasteiger partial charge is 0.147 e. The van der Waals surface area contributed by atoms with Crippen LogP contribution < -0.4 is 0 Å². The van der Waals surface area contributed by atoms with Gasteiger partial charge < -0.3 is 4.74 Å². The fourth-order valence-corrected chi connectivity index (χ4v) is 2.14. The minimum atomic E-state index is -0.0775. The highest BCUT2D eigenvalue weighted by molar-refractivity contribution is 9.10. The van der Waals surface area contributed by atoms with Gasteiger partial charge in [-0.3, -0.25) is 0 Å². The van der Waals surface area contributed by atoms with Gasteiger partial charge in [-0.05, 0) is 17.7 Å². The molecule has 0 radical (unpaired) electrons. The van der Waals surface area contributed by atoms with Crippen LogP contribution >= 0.6 is 15.9 Å². The second-order valence-electron chi connectivity index (χ2n) is 3.50. The summed E-state index contributed by atoms with van der Waals surface area (Å²) in [6.07, 6.45) is 0.331. The Hall–Kier alpha value is -0.420. The Kier molecular flexibility index (Phi) is 2.09. The molecule has 0 aliphatic carbocycles. The van der Waals surface area contributed by atoms with Gasteiger partial charge in [-0.1, -0.05) is 28.1 Å². The Morgan fingerprint density at radius 2 is 2.29 bits per heavy atom.